The summed E-state index contributed by atoms with van der Waals surface area (Å²) in [4.78, 5) is 26.8. The van der Waals surface area contributed by atoms with E-state index in [1.54, 1.807) is 7.11 Å². The molecular formula is C18H18N2O4. The van der Waals surface area contributed by atoms with E-state index in [0.717, 1.165) is 22.2 Å². The Morgan fingerprint density at radius 3 is 2.79 bits per heavy atom. The van der Waals surface area contributed by atoms with E-state index in [1.165, 1.54) is 30.0 Å². The van der Waals surface area contributed by atoms with Gasteiger partial charge in [0.15, 0.2) is 0 Å². The normalized spacial score (nSPS) is 10.8. The summed E-state index contributed by atoms with van der Waals surface area (Å²) in [7, 11) is 2.95. The number of methoxy groups -OCH3 is 2. The second kappa shape index (κ2) is 6.62. The number of carbonyl (C=O) groups excluding carboxylic acids is 1. The zero-order chi connectivity index (χ0) is 17.1. The molecule has 6 heteroatoms. The molecule has 0 amide bonds. The Morgan fingerprint density at radius 2 is 2.04 bits per heavy atom. The highest BCUT2D eigenvalue weighted by Gasteiger charge is 2.09. The maximum absolute atomic E-state index is 12.0. The number of nitrogens with one attached hydrogen (secondary N) is 1. The van der Waals surface area contributed by atoms with Crippen LogP contribution in [0.3, 0.4) is 0 Å². The van der Waals surface area contributed by atoms with Crippen LogP contribution in [0.25, 0.3) is 10.9 Å². The Morgan fingerprint density at radius 1 is 1.21 bits per heavy atom. The third kappa shape index (κ3) is 3.03. The van der Waals surface area contributed by atoms with E-state index in [4.69, 9.17) is 9.47 Å². The van der Waals surface area contributed by atoms with Crippen LogP contribution in [0.2, 0.25) is 0 Å². The monoisotopic (exact) mass is 326 g/mol. The highest BCUT2D eigenvalue weighted by molar-refractivity contribution is 5.88. The summed E-state index contributed by atoms with van der Waals surface area (Å²) < 4.78 is 11.5. The summed E-state index contributed by atoms with van der Waals surface area (Å²) in [6.45, 7) is 0.466. The van der Waals surface area contributed by atoms with Crippen LogP contribution in [0.15, 0.2) is 47.5 Å². The first kappa shape index (κ1) is 15.9. The van der Waals surface area contributed by atoms with Crippen molar-refractivity contribution < 1.29 is 14.3 Å². The van der Waals surface area contributed by atoms with Crippen LogP contribution in [-0.2, 0) is 17.7 Å². The molecule has 1 N–H and O–H groups in total. The van der Waals surface area contributed by atoms with Gasteiger partial charge in [-0.25, -0.2) is 4.79 Å². The van der Waals surface area contributed by atoms with Crippen molar-refractivity contribution in [2.75, 3.05) is 14.2 Å². The first-order valence-corrected chi connectivity index (χ1v) is 7.55. The van der Waals surface area contributed by atoms with E-state index in [9.17, 15) is 9.59 Å². The maximum Gasteiger partial charge on any atom is 0.339 e. The van der Waals surface area contributed by atoms with Crippen molar-refractivity contribution in [2.24, 2.45) is 0 Å². The lowest BCUT2D eigenvalue weighted by Gasteiger charge is -2.07. The number of rotatable bonds is 5. The molecular weight excluding hydrogens is 308 g/mol. The van der Waals surface area contributed by atoms with Gasteiger partial charge in [-0.1, -0.05) is 0 Å². The predicted molar refractivity (Wildman–Crippen MR) is 90.6 cm³/mol. The van der Waals surface area contributed by atoms with Crippen LogP contribution in [0.4, 0.5) is 0 Å². The zero-order valence-electron chi connectivity index (χ0n) is 13.5. The minimum absolute atomic E-state index is 0.153. The molecule has 0 aliphatic rings. The van der Waals surface area contributed by atoms with Gasteiger partial charge in [-0.15, -0.1) is 0 Å². The molecule has 3 rings (SSSR count). The number of aromatic amines is 1. The molecule has 0 radical (unpaired) electrons. The van der Waals surface area contributed by atoms with Crippen molar-refractivity contribution in [1.82, 2.24) is 9.55 Å². The number of ether oxygens (including phenoxy) is 2. The Hall–Kier alpha value is -3.02. The number of H-pyrrole nitrogens is 1. The number of benzene rings is 1. The van der Waals surface area contributed by atoms with Gasteiger partial charge in [0, 0.05) is 35.9 Å². The van der Waals surface area contributed by atoms with Crippen LogP contribution in [0.5, 0.6) is 5.75 Å². The fourth-order valence-corrected chi connectivity index (χ4v) is 2.68. The minimum atomic E-state index is -0.458. The molecule has 0 spiro atoms. The standard InChI is InChI=1S/C18H18N2O4/c1-23-14-4-5-16-15(9-14)12(10-19-16)7-8-20-11-13(18(22)24-2)3-6-17(20)21/h3-6,9-11,19H,7-8H2,1-2H3. The van der Waals surface area contributed by atoms with Gasteiger partial charge >= 0.3 is 5.97 Å². The zero-order valence-corrected chi connectivity index (χ0v) is 13.5. The number of nitrogens with zero attached hydrogens (tertiary/aromatic N) is 1. The van der Waals surface area contributed by atoms with Gasteiger partial charge in [-0.3, -0.25) is 4.79 Å². The SMILES string of the molecule is COC(=O)c1ccc(=O)n(CCc2c[nH]c3ccc(OC)cc23)c1. The van der Waals surface area contributed by atoms with Gasteiger partial charge in [-0.05, 0) is 36.2 Å². The van der Waals surface area contributed by atoms with Crippen molar-refractivity contribution in [1.29, 1.82) is 0 Å². The molecule has 0 fully saturated rings. The molecule has 0 saturated heterocycles. The van der Waals surface area contributed by atoms with Gasteiger partial charge in [-0.2, -0.15) is 0 Å². The largest absolute Gasteiger partial charge is 0.497 e. The lowest BCUT2D eigenvalue weighted by molar-refractivity contribution is 0.0599. The smallest absolute Gasteiger partial charge is 0.339 e. The third-order valence-electron chi connectivity index (χ3n) is 4.00. The number of carbonyl (C=O) groups is 1. The van der Waals surface area contributed by atoms with Crippen molar-refractivity contribution in [2.45, 2.75) is 13.0 Å². The molecule has 1 aromatic carbocycles. The first-order valence-electron chi connectivity index (χ1n) is 7.55. The molecule has 0 bridgehead atoms. The molecule has 2 heterocycles. The molecule has 2 aromatic heterocycles. The lowest BCUT2D eigenvalue weighted by Crippen LogP contribution is -2.21. The number of pyridine rings is 1. The van der Waals surface area contributed by atoms with Crippen molar-refractivity contribution in [3.63, 3.8) is 0 Å². The predicted octanol–water partition coefficient (Wildman–Crippen LogP) is 2.37. The number of hydrogen-bond acceptors (Lipinski definition) is 4. The molecule has 24 heavy (non-hydrogen) atoms. The Balaban J connectivity index is 1.86. The summed E-state index contributed by atoms with van der Waals surface area (Å²) in [5.41, 5.74) is 2.30. The number of aromatic nitrogens is 2. The van der Waals surface area contributed by atoms with E-state index in [0.29, 0.717) is 18.5 Å². The number of hydrogen-bond donors (Lipinski definition) is 1. The minimum Gasteiger partial charge on any atom is -0.497 e. The second-order valence-corrected chi connectivity index (χ2v) is 5.42. The van der Waals surface area contributed by atoms with E-state index in [2.05, 4.69) is 4.98 Å². The summed E-state index contributed by atoms with van der Waals surface area (Å²) in [5, 5.41) is 1.06. The van der Waals surface area contributed by atoms with E-state index in [-0.39, 0.29) is 5.56 Å². The molecule has 0 aliphatic heterocycles. The fraction of sp³-hybridized carbons (Fsp3) is 0.222. The highest BCUT2D eigenvalue weighted by atomic mass is 16.5. The molecule has 124 valence electrons. The van der Waals surface area contributed by atoms with Gasteiger partial charge < -0.3 is 19.0 Å². The highest BCUT2D eigenvalue weighted by Crippen LogP contribution is 2.24. The van der Waals surface area contributed by atoms with Gasteiger partial charge in [0.2, 0.25) is 0 Å². The summed E-state index contributed by atoms with van der Waals surface area (Å²) >= 11 is 0. The molecule has 0 atom stereocenters. The van der Waals surface area contributed by atoms with Crippen LogP contribution in [0, 0.1) is 0 Å². The number of esters is 1. The second-order valence-electron chi connectivity index (χ2n) is 5.42. The van der Waals surface area contributed by atoms with Crippen LogP contribution in [0.1, 0.15) is 15.9 Å². The molecule has 3 aromatic rings. The average molecular weight is 326 g/mol. The fourth-order valence-electron chi connectivity index (χ4n) is 2.68. The van der Waals surface area contributed by atoms with Crippen molar-refractivity contribution >= 4 is 16.9 Å². The Bertz CT molecular complexity index is 940. The summed E-state index contributed by atoms with van der Waals surface area (Å²) in [5.74, 6) is 0.328. The van der Waals surface area contributed by atoms with Gasteiger partial charge in [0.05, 0.1) is 19.8 Å². The summed E-state index contributed by atoms with van der Waals surface area (Å²) in [6, 6.07) is 8.68. The van der Waals surface area contributed by atoms with Gasteiger partial charge in [0.1, 0.15) is 5.75 Å². The summed E-state index contributed by atoms with van der Waals surface area (Å²) in [6.07, 6.45) is 4.11. The van der Waals surface area contributed by atoms with Crippen LogP contribution >= 0.6 is 0 Å². The van der Waals surface area contributed by atoms with E-state index >= 15 is 0 Å². The molecule has 0 aliphatic carbocycles. The average Bonchev–Trinajstić information content (AvgIpc) is 3.02. The topological polar surface area (TPSA) is 73.3 Å². The molecule has 0 unspecified atom stereocenters. The van der Waals surface area contributed by atoms with Crippen LogP contribution < -0.4 is 10.3 Å². The van der Waals surface area contributed by atoms with Gasteiger partial charge in [0.25, 0.3) is 5.56 Å². The Kier molecular flexibility index (Phi) is 4.37. The van der Waals surface area contributed by atoms with E-state index < -0.39 is 5.97 Å². The van der Waals surface area contributed by atoms with Crippen molar-refractivity contribution in [3.05, 3.63) is 64.2 Å². The van der Waals surface area contributed by atoms with Crippen LogP contribution in [-0.4, -0.2) is 29.7 Å². The lowest BCUT2D eigenvalue weighted by atomic mass is 10.1. The maximum atomic E-state index is 12.0. The quantitative estimate of drug-likeness (QED) is 0.731. The Labute approximate surface area is 138 Å². The first-order chi connectivity index (χ1) is 11.6. The molecule has 6 nitrogen and oxygen atoms in total. The number of fused-ring (bicyclic) bond motifs is 1. The van der Waals surface area contributed by atoms with E-state index in [1.807, 2.05) is 24.4 Å². The van der Waals surface area contributed by atoms with Crippen molar-refractivity contribution in [3.8, 4) is 5.75 Å². The molecule has 0 saturated carbocycles. The third-order valence-corrected chi connectivity index (χ3v) is 4.00. The number of aryl methyl sites for hydroxylation is 2.